The molecule has 1 aliphatic rings. The summed E-state index contributed by atoms with van der Waals surface area (Å²) in [5.74, 6) is 0.535. The molecule has 1 heterocycles. The Morgan fingerprint density at radius 1 is 1.42 bits per heavy atom. The first-order valence-electron chi connectivity index (χ1n) is 5.81. The van der Waals surface area contributed by atoms with Crippen LogP contribution in [0, 0.1) is 11.3 Å². The molecule has 1 aromatic rings. The van der Waals surface area contributed by atoms with Crippen LogP contribution in [0.25, 0.3) is 0 Å². The first-order chi connectivity index (χ1) is 9.19. The third-order valence-corrected chi connectivity index (χ3v) is 3.81. The number of thioether (sulfide) groups is 1. The smallest absolute Gasteiger partial charge is 0.225 e. The van der Waals surface area contributed by atoms with Crippen LogP contribution in [-0.4, -0.2) is 19.3 Å². The number of amides is 1. The lowest BCUT2D eigenvalue weighted by molar-refractivity contribution is -0.120. The summed E-state index contributed by atoms with van der Waals surface area (Å²) in [7, 11) is 1.61. The third kappa shape index (κ3) is 2.74. The fourth-order valence-corrected chi connectivity index (χ4v) is 2.72. The van der Waals surface area contributed by atoms with Crippen molar-refractivity contribution >= 4 is 17.7 Å². The van der Waals surface area contributed by atoms with Gasteiger partial charge in [-0.2, -0.15) is 5.26 Å². The summed E-state index contributed by atoms with van der Waals surface area (Å²) in [6.45, 7) is 0. The molecule has 1 atom stereocenters. The van der Waals surface area contributed by atoms with Gasteiger partial charge in [0.1, 0.15) is 5.75 Å². The quantitative estimate of drug-likeness (QED) is 0.919. The Bertz CT molecular complexity index is 558. The number of nitriles is 1. The topological polar surface area (TPSA) is 62.1 Å². The van der Waals surface area contributed by atoms with E-state index >= 15 is 0 Å². The van der Waals surface area contributed by atoms with Crippen molar-refractivity contribution in [1.82, 2.24) is 5.32 Å². The van der Waals surface area contributed by atoms with Crippen LogP contribution in [0.1, 0.15) is 17.9 Å². The Morgan fingerprint density at radius 3 is 2.63 bits per heavy atom. The van der Waals surface area contributed by atoms with E-state index in [4.69, 9.17) is 4.74 Å². The van der Waals surface area contributed by atoms with Gasteiger partial charge in [0.25, 0.3) is 0 Å². The van der Waals surface area contributed by atoms with Crippen LogP contribution in [0.2, 0.25) is 0 Å². The molecule has 2 rings (SSSR count). The minimum absolute atomic E-state index is 0.0517. The zero-order valence-electron chi connectivity index (χ0n) is 10.8. The summed E-state index contributed by atoms with van der Waals surface area (Å²) in [5, 5.41) is 12.7. The molecule has 98 valence electrons. The summed E-state index contributed by atoms with van der Waals surface area (Å²) in [5.41, 5.74) is 1.58. The highest BCUT2D eigenvalue weighted by atomic mass is 32.2. The molecule has 1 N–H and O–H groups in total. The number of allylic oxidation sites excluding steroid dienone is 1. The number of methoxy groups -OCH3 is 1. The van der Waals surface area contributed by atoms with E-state index in [0.29, 0.717) is 17.0 Å². The SMILES string of the molecule is COc1ccc(C2CC(=O)NC(SC)=C2C#N)cc1. The predicted octanol–water partition coefficient (Wildman–Crippen LogP) is 2.40. The van der Waals surface area contributed by atoms with Crippen molar-refractivity contribution < 1.29 is 9.53 Å². The van der Waals surface area contributed by atoms with Crippen molar-refractivity contribution in [3.05, 3.63) is 40.4 Å². The van der Waals surface area contributed by atoms with Gasteiger partial charge in [-0.05, 0) is 24.0 Å². The molecule has 0 saturated carbocycles. The maximum Gasteiger partial charge on any atom is 0.225 e. The second-order valence-corrected chi connectivity index (χ2v) is 4.95. The number of carbonyl (C=O) groups excluding carboxylic acids is 1. The van der Waals surface area contributed by atoms with Crippen molar-refractivity contribution in [2.24, 2.45) is 0 Å². The monoisotopic (exact) mass is 274 g/mol. The summed E-state index contributed by atoms with van der Waals surface area (Å²) < 4.78 is 5.11. The molecular weight excluding hydrogens is 260 g/mol. The standard InChI is InChI=1S/C14H14N2O2S/c1-18-10-5-3-9(4-6-10)11-7-13(17)16-14(19-2)12(11)8-15/h3-6,11H,7H2,1-2H3,(H,16,17). The van der Waals surface area contributed by atoms with Gasteiger partial charge in [0.15, 0.2) is 0 Å². The number of rotatable bonds is 3. The fourth-order valence-electron chi connectivity index (χ4n) is 2.10. The van der Waals surface area contributed by atoms with E-state index in [1.165, 1.54) is 11.8 Å². The number of nitrogens with zero attached hydrogens (tertiary/aromatic N) is 1. The lowest BCUT2D eigenvalue weighted by atomic mass is 9.87. The lowest BCUT2D eigenvalue weighted by Gasteiger charge is -2.24. The molecular formula is C14H14N2O2S. The first-order valence-corrected chi connectivity index (χ1v) is 7.04. The van der Waals surface area contributed by atoms with Crippen molar-refractivity contribution in [3.63, 3.8) is 0 Å². The summed E-state index contributed by atoms with van der Waals surface area (Å²) in [6, 6.07) is 9.70. The van der Waals surface area contributed by atoms with E-state index in [9.17, 15) is 10.1 Å². The van der Waals surface area contributed by atoms with Crippen LogP contribution < -0.4 is 10.1 Å². The van der Waals surface area contributed by atoms with Crippen molar-refractivity contribution in [2.45, 2.75) is 12.3 Å². The highest BCUT2D eigenvalue weighted by Crippen LogP contribution is 2.35. The third-order valence-electron chi connectivity index (χ3n) is 3.08. The van der Waals surface area contributed by atoms with E-state index in [1.807, 2.05) is 30.5 Å². The van der Waals surface area contributed by atoms with Gasteiger partial charge in [-0.3, -0.25) is 4.79 Å². The van der Waals surface area contributed by atoms with Crippen LogP contribution in [0.4, 0.5) is 0 Å². The van der Waals surface area contributed by atoms with E-state index in [1.54, 1.807) is 7.11 Å². The zero-order chi connectivity index (χ0) is 13.8. The highest BCUT2D eigenvalue weighted by Gasteiger charge is 2.28. The molecule has 1 aromatic carbocycles. The average molecular weight is 274 g/mol. The maximum absolute atomic E-state index is 11.7. The van der Waals surface area contributed by atoms with Gasteiger partial charge in [-0.25, -0.2) is 0 Å². The number of benzene rings is 1. The van der Waals surface area contributed by atoms with Crippen molar-refractivity contribution in [2.75, 3.05) is 13.4 Å². The molecule has 1 aliphatic heterocycles. The van der Waals surface area contributed by atoms with Crippen LogP contribution >= 0.6 is 11.8 Å². The van der Waals surface area contributed by atoms with Gasteiger partial charge >= 0.3 is 0 Å². The van der Waals surface area contributed by atoms with Gasteiger partial charge in [-0.1, -0.05) is 12.1 Å². The largest absolute Gasteiger partial charge is 0.497 e. The normalized spacial score (nSPS) is 18.8. The predicted molar refractivity (Wildman–Crippen MR) is 74.6 cm³/mol. The highest BCUT2D eigenvalue weighted by molar-refractivity contribution is 8.02. The molecule has 0 saturated heterocycles. The van der Waals surface area contributed by atoms with Gasteiger partial charge < -0.3 is 10.1 Å². The van der Waals surface area contributed by atoms with Crippen LogP contribution in [0.5, 0.6) is 5.75 Å². The minimum Gasteiger partial charge on any atom is -0.497 e. The maximum atomic E-state index is 11.7. The Kier molecular flexibility index (Phi) is 4.13. The summed E-state index contributed by atoms with van der Waals surface area (Å²) in [4.78, 5) is 11.7. The molecule has 0 radical (unpaired) electrons. The molecule has 0 bridgehead atoms. The Hall–Kier alpha value is -1.93. The molecule has 1 amide bonds. The summed E-state index contributed by atoms with van der Waals surface area (Å²) in [6.07, 6.45) is 2.16. The van der Waals surface area contributed by atoms with E-state index in [-0.39, 0.29) is 11.8 Å². The number of nitrogens with one attached hydrogen (secondary N) is 1. The Balaban J connectivity index is 2.41. The van der Waals surface area contributed by atoms with Crippen molar-refractivity contribution in [3.8, 4) is 11.8 Å². The van der Waals surface area contributed by atoms with Crippen LogP contribution in [-0.2, 0) is 4.79 Å². The van der Waals surface area contributed by atoms with Gasteiger partial charge in [0.05, 0.1) is 23.8 Å². The lowest BCUT2D eigenvalue weighted by Crippen LogP contribution is -2.30. The number of hydrogen-bond acceptors (Lipinski definition) is 4. The van der Waals surface area contributed by atoms with Gasteiger partial charge in [-0.15, -0.1) is 11.8 Å². The molecule has 0 spiro atoms. The number of hydrogen-bond donors (Lipinski definition) is 1. The molecule has 19 heavy (non-hydrogen) atoms. The second-order valence-electron chi connectivity index (χ2n) is 4.14. The molecule has 0 fully saturated rings. The van der Waals surface area contributed by atoms with E-state index in [0.717, 1.165) is 11.3 Å². The van der Waals surface area contributed by atoms with Crippen LogP contribution in [0.3, 0.4) is 0 Å². The molecule has 0 aromatic heterocycles. The van der Waals surface area contributed by atoms with E-state index in [2.05, 4.69) is 11.4 Å². The Morgan fingerprint density at radius 2 is 2.11 bits per heavy atom. The van der Waals surface area contributed by atoms with E-state index < -0.39 is 0 Å². The fraction of sp³-hybridized carbons (Fsp3) is 0.286. The molecule has 4 nitrogen and oxygen atoms in total. The Labute approximate surface area is 116 Å². The average Bonchev–Trinajstić information content (AvgIpc) is 2.46. The first kappa shape index (κ1) is 13.5. The second kappa shape index (κ2) is 5.81. The number of carbonyl (C=O) groups is 1. The van der Waals surface area contributed by atoms with Crippen molar-refractivity contribution in [1.29, 1.82) is 5.26 Å². The summed E-state index contributed by atoms with van der Waals surface area (Å²) >= 11 is 1.39. The minimum atomic E-state index is -0.174. The molecule has 5 heteroatoms. The molecule has 1 unspecified atom stereocenters. The zero-order valence-corrected chi connectivity index (χ0v) is 11.6. The van der Waals surface area contributed by atoms with Gasteiger partial charge in [0.2, 0.25) is 5.91 Å². The van der Waals surface area contributed by atoms with Gasteiger partial charge in [0, 0.05) is 12.3 Å². The number of ether oxygens (including phenoxy) is 1. The molecule has 0 aliphatic carbocycles. The van der Waals surface area contributed by atoms with Crippen LogP contribution in [0.15, 0.2) is 34.9 Å².